The maximum Gasteiger partial charge on any atom is 0.172 e. The zero-order valence-corrected chi connectivity index (χ0v) is 8.76. The number of nitrogens with zero attached hydrogens (tertiary/aromatic N) is 1. The van der Waals surface area contributed by atoms with Gasteiger partial charge in [0, 0.05) is 5.54 Å². The van der Waals surface area contributed by atoms with Crippen LogP contribution in [0.25, 0.3) is 0 Å². The molecule has 0 fully saturated rings. The van der Waals surface area contributed by atoms with Gasteiger partial charge in [-0.2, -0.15) is 0 Å². The Bertz CT molecular complexity index is 132. The fraction of sp³-hybridized carbons (Fsp3) is 1.00. The first-order valence-electron chi connectivity index (χ1n) is 4.36. The molecule has 12 heavy (non-hydrogen) atoms. The molecule has 0 unspecified atom stereocenters. The summed E-state index contributed by atoms with van der Waals surface area (Å²) in [5.41, 5.74) is -0.0124. The van der Waals surface area contributed by atoms with Crippen molar-refractivity contribution in [2.24, 2.45) is 0 Å². The van der Waals surface area contributed by atoms with Crippen LogP contribution in [0.4, 0.5) is 0 Å². The van der Waals surface area contributed by atoms with Crippen LogP contribution in [-0.2, 0) is 0 Å². The van der Waals surface area contributed by atoms with Crippen molar-refractivity contribution in [1.29, 1.82) is 0 Å². The van der Waals surface area contributed by atoms with Crippen LogP contribution in [0.15, 0.2) is 0 Å². The van der Waals surface area contributed by atoms with E-state index >= 15 is 0 Å². The third-order valence-electron chi connectivity index (χ3n) is 1.82. The molecule has 0 radical (unpaired) electrons. The molecule has 0 aliphatic carbocycles. The Labute approximate surface area is 75.0 Å². The van der Waals surface area contributed by atoms with Crippen molar-refractivity contribution in [3.63, 3.8) is 0 Å². The Hall–Kier alpha value is -0.120. The van der Waals surface area contributed by atoms with Crippen LogP contribution in [0.1, 0.15) is 34.6 Å². The van der Waals surface area contributed by atoms with Crippen molar-refractivity contribution < 1.29 is 10.2 Å². The van der Waals surface area contributed by atoms with Gasteiger partial charge >= 0.3 is 0 Å². The van der Waals surface area contributed by atoms with Crippen LogP contribution in [-0.4, -0.2) is 39.5 Å². The zero-order chi connectivity index (χ0) is 9.99. The zero-order valence-electron chi connectivity index (χ0n) is 8.76. The largest absolute Gasteiger partial charge is 0.365 e. The highest BCUT2D eigenvalue weighted by Crippen LogP contribution is 2.15. The lowest BCUT2D eigenvalue weighted by molar-refractivity contribution is -0.166. The van der Waals surface area contributed by atoms with Crippen molar-refractivity contribution in [2.45, 2.75) is 45.9 Å². The Kier molecular flexibility index (Phi) is 3.69. The van der Waals surface area contributed by atoms with Gasteiger partial charge < -0.3 is 10.2 Å². The van der Waals surface area contributed by atoms with Crippen molar-refractivity contribution in [1.82, 2.24) is 4.90 Å². The smallest absolute Gasteiger partial charge is 0.172 e. The van der Waals surface area contributed by atoms with Gasteiger partial charge in [0.15, 0.2) is 5.79 Å². The first-order valence-corrected chi connectivity index (χ1v) is 4.36. The van der Waals surface area contributed by atoms with Gasteiger partial charge in [-0.15, -0.1) is 0 Å². The van der Waals surface area contributed by atoms with E-state index < -0.39 is 5.79 Å². The topological polar surface area (TPSA) is 43.7 Å². The summed E-state index contributed by atoms with van der Waals surface area (Å²) in [5, 5.41) is 18.4. The molecule has 0 amide bonds. The van der Waals surface area contributed by atoms with E-state index in [4.69, 9.17) is 0 Å². The second-order valence-electron chi connectivity index (χ2n) is 4.40. The minimum atomic E-state index is -1.59. The molecule has 0 rings (SSSR count). The summed E-state index contributed by atoms with van der Waals surface area (Å²) in [5.74, 6) is -1.59. The Morgan fingerprint density at radius 2 is 1.50 bits per heavy atom. The number of hydrogen-bond acceptors (Lipinski definition) is 3. The molecule has 0 heterocycles. The lowest BCUT2D eigenvalue weighted by Gasteiger charge is -2.37. The average molecular weight is 175 g/mol. The Morgan fingerprint density at radius 1 is 1.08 bits per heavy atom. The SMILES string of the molecule is CCN(CC(C)(O)O)C(C)(C)C. The molecule has 2 N–H and O–H groups in total. The van der Waals surface area contributed by atoms with E-state index in [0.717, 1.165) is 6.54 Å². The Morgan fingerprint density at radius 3 is 1.58 bits per heavy atom. The number of aliphatic hydroxyl groups is 2. The molecule has 0 aromatic carbocycles. The molecule has 3 heteroatoms. The van der Waals surface area contributed by atoms with Gasteiger partial charge in [0.05, 0.1) is 6.54 Å². The molecule has 0 spiro atoms. The number of likely N-dealkylation sites (N-methyl/N-ethyl adjacent to an activating group) is 1. The number of rotatable bonds is 3. The van der Waals surface area contributed by atoms with Crippen molar-refractivity contribution in [2.75, 3.05) is 13.1 Å². The summed E-state index contributed by atoms with van der Waals surface area (Å²) >= 11 is 0. The molecule has 0 aliphatic rings. The predicted octanol–water partition coefficient (Wildman–Crippen LogP) is 0.808. The first-order chi connectivity index (χ1) is 5.17. The van der Waals surface area contributed by atoms with Gasteiger partial charge in [-0.25, -0.2) is 0 Å². The minimum absolute atomic E-state index is 0.0124. The lowest BCUT2D eigenvalue weighted by Crippen LogP contribution is -2.49. The van der Waals surface area contributed by atoms with Gasteiger partial charge in [0.2, 0.25) is 0 Å². The second kappa shape index (κ2) is 3.73. The monoisotopic (exact) mass is 175 g/mol. The third kappa shape index (κ3) is 4.70. The van der Waals surface area contributed by atoms with Crippen LogP contribution in [0.2, 0.25) is 0 Å². The highest BCUT2D eigenvalue weighted by molar-refractivity contribution is 4.78. The van der Waals surface area contributed by atoms with E-state index in [0.29, 0.717) is 0 Å². The minimum Gasteiger partial charge on any atom is -0.365 e. The standard InChI is InChI=1S/C9H21NO2/c1-6-10(8(2,3)4)7-9(5,11)12/h11-12H,6-7H2,1-5H3. The third-order valence-corrected chi connectivity index (χ3v) is 1.82. The molecule has 0 atom stereocenters. The molecule has 0 saturated heterocycles. The average Bonchev–Trinajstić information content (AvgIpc) is 1.78. The molecule has 0 aromatic rings. The van der Waals surface area contributed by atoms with E-state index in [1.54, 1.807) is 0 Å². The maximum absolute atomic E-state index is 9.20. The summed E-state index contributed by atoms with van der Waals surface area (Å²) in [7, 11) is 0. The Balaban J connectivity index is 4.20. The van der Waals surface area contributed by atoms with Gasteiger partial charge in [0.1, 0.15) is 0 Å². The fourth-order valence-corrected chi connectivity index (χ4v) is 1.18. The van der Waals surface area contributed by atoms with E-state index in [1.807, 2.05) is 11.8 Å². The van der Waals surface area contributed by atoms with Gasteiger partial charge in [-0.05, 0) is 34.2 Å². The van der Waals surface area contributed by atoms with Crippen LogP contribution < -0.4 is 0 Å². The van der Waals surface area contributed by atoms with E-state index in [2.05, 4.69) is 20.8 Å². The van der Waals surface area contributed by atoms with Crippen LogP contribution in [0, 0.1) is 0 Å². The number of β-amino-alcohol motifs (C(OH)–C–C–N with tert-alkyl or cyclic N) is 2. The fourth-order valence-electron chi connectivity index (χ4n) is 1.18. The molecule has 0 bridgehead atoms. The molecular formula is C9H21NO2. The normalized spacial score (nSPS) is 14.0. The van der Waals surface area contributed by atoms with Crippen molar-refractivity contribution in [3.05, 3.63) is 0 Å². The number of hydrogen-bond donors (Lipinski definition) is 2. The van der Waals surface area contributed by atoms with Crippen molar-refractivity contribution >= 4 is 0 Å². The highest BCUT2D eigenvalue weighted by Gasteiger charge is 2.26. The molecule has 74 valence electrons. The summed E-state index contributed by atoms with van der Waals surface area (Å²) in [4.78, 5) is 2.02. The van der Waals surface area contributed by atoms with Gasteiger partial charge in [0.25, 0.3) is 0 Å². The second-order valence-corrected chi connectivity index (χ2v) is 4.40. The van der Waals surface area contributed by atoms with Crippen LogP contribution in [0.5, 0.6) is 0 Å². The first kappa shape index (κ1) is 11.9. The quantitative estimate of drug-likeness (QED) is 0.624. The summed E-state index contributed by atoms with van der Waals surface area (Å²) in [6.45, 7) is 10.7. The van der Waals surface area contributed by atoms with Crippen LogP contribution >= 0.6 is 0 Å². The summed E-state index contributed by atoms with van der Waals surface area (Å²) in [6.07, 6.45) is 0. The molecule has 0 saturated carbocycles. The molecule has 0 aromatic heterocycles. The van der Waals surface area contributed by atoms with E-state index in [9.17, 15) is 10.2 Å². The molecular weight excluding hydrogens is 154 g/mol. The molecule has 0 aliphatic heterocycles. The van der Waals surface area contributed by atoms with Crippen LogP contribution in [0.3, 0.4) is 0 Å². The highest BCUT2D eigenvalue weighted by atomic mass is 16.5. The summed E-state index contributed by atoms with van der Waals surface area (Å²) in [6, 6.07) is 0. The molecule has 3 nitrogen and oxygen atoms in total. The van der Waals surface area contributed by atoms with Crippen molar-refractivity contribution in [3.8, 4) is 0 Å². The van der Waals surface area contributed by atoms with Gasteiger partial charge in [-0.1, -0.05) is 6.92 Å². The summed E-state index contributed by atoms with van der Waals surface area (Å²) < 4.78 is 0. The predicted molar refractivity (Wildman–Crippen MR) is 49.8 cm³/mol. The van der Waals surface area contributed by atoms with Gasteiger partial charge in [-0.3, -0.25) is 4.90 Å². The van der Waals surface area contributed by atoms with E-state index in [-0.39, 0.29) is 12.1 Å². The lowest BCUT2D eigenvalue weighted by atomic mass is 10.1. The maximum atomic E-state index is 9.20. The van der Waals surface area contributed by atoms with E-state index in [1.165, 1.54) is 6.92 Å².